The first kappa shape index (κ1) is 15.5. The van der Waals surface area contributed by atoms with Crippen molar-refractivity contribution >= 4 is 5.69 Å². The van der Waals surface area contributed by atoms with Gasteiger partial charge in [0.2, 0.25) is 0 Å². The van der Waals surface area contributed by atoms with Gasteiger partial charge < -0.3 is 5.32 Å². The number of hydrogen-bond donors (Lipinski definition) is 1. The third-order valence-electron chi connectivity index (χ3n) is 3.28. The van der Waals surface area contributed by atoms with Gasteiger partial charge in [-0.05, 0) is 35.6 Å². The van der Waals surface area contributed by atoms with Crippen LogP contribution in [0.4, 0.5) is 14.5 Å². The van der Waals surface area contributed by atoms with Crippen molar-refractivity contribution in [3.63, 3.8) is 0 Å². The van der Waals surface area contributed by atoms with Crippen molar-refractivity contribution in [2.24, 2.45) is 5.41 Å². The van der Waals surface area contributed by atoms with Gasteiger partial charge in [0.05, 0.1) is 11.7 Å². The topological polar surface area (TPSA) is 12.0 Å². The molecular formula is C18H21F2N. The average molecular weight is 289 g/mol. The zero-order valence-electron chi connectivity index (χ0n) is 12.7. The summed E-state index contributed by atoms with van der Waals surface area (Å²) >= 11 is 0. The highest BCUT2D eigenvalue weighted by molar-refractivity contribution is 5.47. The normalized spacial score (nSPS) is 13.0. The largest absolute Gasteiger partial charge is 0.376 e. The minimum Gasteiger partial charge on any atom is -0.376 e. The van der Waals surface area contributed by atoms with Crippen LogP contribution < -0.4 is 5.32 Å². The molecule has 0 amide bonds. The van der Waals surface area contributed by atoms with Crippen LogP contribution in [0.3, 0.4) is 0 Å². The summed E-state index contributed by atoms with van der Waals surface area (Å²) in [4.78, 5) is 0. The van der Waals surface area contributed by atoms with Gasteiger partial charge in [0.1, 0.15) is 11.6 Å². The number of benzene rings is 2. The number of hydrogen-bond acceptors (Lipinski definition) is 1. The van der Waals surface area contributed by atoms with Crippen LogP contribution in [0.25, 0.3) is 0 Å². The Bertz CT molecular complexity index is 588. The summed E-state index contributed by atoms with van der Waals surface area (Å²) < 4.78 is 27.2. The fraction of sp³-hybridized carbons (Fsp3) is 0.333. The lowest BCUT2D eigenvalue weighted by Gasteiger charge is -2.28. The van der Waals surface area contributed by atoms with Crippen molar-refractivity contribution in [1.82, 2.24) is 0 Å². The molecule has 0 bridgehead atoms. The van der Waals surface area contributed by atoms with Gasteiger partial charge in [-0.15, -0.1) is 0 Å². The minimum absolute atomic E-state index is 0.0668. The van der Waals surface area contributed by atoms with Gasteiger partial charge in [-0.3, -0.25) is 0 Å². The summed E-state index contributed by atoms with van der Waals surface area (Å²) in [5.41, 5.74) is 1.33. The Balaban J connectivity index is 2.30. The molecule has 0 saturated carbocycles. The van der Waals surface area contributed by atoms with Gasteiger partial charge >= 0.3 is 0 Å². The van der Waals surface area contributed by atoms with Crippen molar-refractivity contribution in [2.75, 3.05) is 5.32 Å². The molecule has 3 heteroatoms. The van der Waals surface area contributed by atoms with E-state index >= 15 is 0 Å². The molecule has 1 nitrogen and oxygen atoms in total. The Morgan fingerprint density at radius 3 is 2.29 bits per heavy atom. The fourth-order valence-corrected chi connectivity index (χ4v) is 2.35. The standard InChI is InChI=1S/C18H21F2N/c1-18(2,3)12-17(13-7-5-4-6-8-13)21-16-11-14(19)9-10-15(16)20/h4-11,17,21H,12H2,1-3H3. The predicted octanol–water partition coefficient (Wildman–Crippen LogP) is 5.55. The van der Waals surface area contributed by atoms with Crippen LogP contribution in [0, 0.1) is 17.0 Å². The predicted molar refractivity (Wildman–Crippen MR) is 83.2 cm³/mol. The number of nitrogens with one attached hydrogen (secondary N) is 1. The minimum atomic E-state index is -0.443. The van der Waals surface area contributed by atoms with E-state index in [0.717, 1.165) is 24.1 Å². The van der Waals surface area contributed by atoms with E-state index < -0.39 is 11.6 Å². The maximum atomic E-state index is 13.8. The zero-order valence-corrected chi connectivity index (χ0v) is 12.7. The molecule has 112 valence electrons. The zero-order chi connectivity index (χ0) is 15.5. The van der Waals surface area contributed by atoms with Crippen LogP contribution in [0.2, 0.25) is 0 Å². The molecule has 0 aliphatic heterocycles. The maximum absolute atomic E-state index is 13.8. The highest BCUT2D eigenvalue weighted by atomic mass is 19.1. The summed E-state index contributed by atoms with van der Waals surface area (Å²) in [5, 5.41) is 3.15. The van der Waals surface area contributed by atoms with Crippen LogP contribution in [0.5, 0.6) is 0 Å². The number of rotatable bonds is 4. The molecule has 0 aliphatic rings. The van der Waals surface area contributed by atoms with E-state index in [1.165, 1.54) is 6.07 Å². The summed E-state index contributed by atoms with van der Waals surface area (Å²) in [5.74, 6) is -0.882. The highest BCUT2D eigenvalue weighted by Gasteiger charge is 2.21. The Kier molecular flexibility index (Phi) is 4.61. The van der Waals surface area contributed by atoms with Crippen molar-refractivity contribution in [3.05, 3.63) is 65.7 Å². The average Bonchev–Trinajstić information content (AvgIpc) is 2.42. The van der Waals surface area contributed by atoms with Gasteiger partial charge in [0.25, 0.3) is 0 Å². The summed E-state index contributed by atoms with van der Waals surface area (Å²) in [6.45, 7) is 6.39. The Hall–Kier alpha value is -1.90. The summed E-state index contributed by atoms with van der Waals surface area (Å²) in [6.07, 6.45) is 0.812. The second-order valence-electron chi connectivity index (χ2n) is 6.50. The van der Waals surface area contributed by atoms with Gasteiger partial charge in [0.15, 0.2) is 0 Å². The van der Waals surface area contributed by atoms with Gasteiger partial charge in [-0.25, -0.2) is 8.78 Å². The van der Waals surface area contributed by atoms with E-state index in [0.29, 0.717) is 0 Å². The molecule has 0 aromatic heterocycles. The van der Waals surface area contributed by atoms with Crippen LogP contribution in [0.1, 0.15) is 38.8 Å². The lowest BCUT2D eigenvalue weighted by Crippen LogP contribution is -2.19. The molecule has 2 rings (SSSR count). The molecular weight excluding hydrogens is 268 g/mol. The molecule has 0 radical (unpaired) electrons. The first-order chi connectivity index (χ1) is 9.85. The van der Waals surface area contributed by atoms with Crippen LogP contribution >= 0.6 is 0 Å². The Morgan fingerprint density at radius 2 is 1.67 bits per heavy atom. The molecule has 0 spiro atoms. The van der Waals surface area contributed by atoms with Gasteiger partial charge in [0, 0.05) is 0 Å². The second kappa shape index (κ2) is 6.25. The molecule has 2 aromatic carbocycles. The lowest BCUT2D eigenvalue weighted by molar-refractivity contribution is 0.352. The van der Waals surface area contributed by atoms with Gasteiger partial charge in [-0.1, -0.05) is 51.1 Å². The molecule has 0 aliphatic carbocycles. The van der Waals surface area contributed by atoms with Crippen molar-refractivity contribution in [2.45, 2.75) is 33.2 Å². The number of anilines is 1. The van der Waals surface area contributed by atoms with E-state index in [1.54, 1.807) is 0 Å². The Labute approximate surface area is 125 Å². The van der Waals surface area contributed by atoms with E-state index in [2.05, 4.69) is 26.1 Å². The van der Waals surface area contributed by atoms with Crippen molar-refractivity contribution in [1.29, 1.82) is 0 Å². The van der Waals surface area contributed by atoms with Crippen molar-refractivity contribution < 1.29 is 8.78 Å². The molecule has 1 N–H and O–H groups in total. The van der Waals surface area contributed by atoms with Crippen LogP contribution in [-0.2, 0) is 0 Å². The van der Waals surface area contributed by atoms with E-state index in [4.69, 9.17) is 0 Å². The maximum Gasteiger partial charge on any atom is 0.146 e. The van der Waals surface area contributed by atoms with E-state index in [9.17, 15) is 8.78 Å². The third kappa shape index (κ3) is 4.55. The van der Waals surface area contributed by atoms with Crippen molar-refractivity contribution in [3.8, 4) is 0 Å². The van der Waals surface area contributed by atoms with Crippen LogP contribution in [-0.4, -0.2) is 0 Å². The molecule has 1 atom stereocenters. The van der Waals surface area contributed by atoms with Crippen LogP contribution in [0.15, 0.2) is 48.5 Å². The monoisotopic (exact) mass is 289 g/mol. The number of halogens is 2. The Morgan fingerprint density at radius 1 is 1.00 bits per heavy atom. The smallest absolute Gasteiger partial charge is 0.146 e. The molecule has 21 heavy (non-hydrogen) atoms. The van der Waals surface area contributed by atoms with E-state index in [-0.39, 0.29) is 17.1 Å². The second-order valence-corrected chi connectivity index (χ2v) is 6.50. The first-order valence-electron chi connectivity index (χ1n) is 7.12. The third-order valence-corrected chi connectivity index (χ3v) is 3.28. The molecule has 0 saturated heterocycles. The SMILES string of the molecule is CC(C)(C)CC(Nc1cc(F)ccc1F)c1ccccc1. The van der Waals surface area contributed by atoms with E-state index in [1.807, 2.05) is 30.3 Å². The molecule has 1 unspecified atom stereocenters. The molecule has 0 fully saturated rings. The highest BCUT2D eigenvalue weighted by Crippen LogP contribution is 2.32. The first-order valence-corrected chi connectivity index (χ1v) is 7.12. The summed E-state index contributed by atoms with van der Waals surface area (Å²) in [7, 11) is 0. The quantitative estimate of drug-likeness (QED) is 0.777. The summed E-state index contributed by atoms with van der Waals surface area (Å²) in [6, 6.07) is 13.3. The lowest BCUT2D eigenvalue weighted by atomic mass is 9.85. The fourth-order valence-electron chi connectivity index (χ4n) is 2.35. The van der Waals surface area contributed by atoms with Gasteiger partial charge in [-0.2, -0.15) is 0 Å². The molecule has 2 aromatic rings. The molecule has 0 heterocycles.